The molecule has 1 heterocycles. The van der Waals surface area contributed by atoms with Gasteiger partial charge in [-0.15, -0.1) is 0 Å². The van der Waals surface area contributed by atoms with Crippen molar-refractivity contribution in [2.45, 2.75) is 19.3 Å². The van der Waals surface area contributed by atoms with E-state index in [0.29, 0.717) is 13.0 Å². The molecule has 1 aliphatic carbocycles. The van der Waals surface area contributed by atoms with Crippen LogP contribution < -0.4 is 0 Å². The zero-order valence-electron chi connectivity index (χ0n) is 11.3. The predicted octanol–water partition coefficient (Wildman–Crippen LogP) is 2.81. The van der Waals surface area contributed by atoms with Crippen molar-refractivity contribution in [1.29, 1.82) is 0 Å². The number of carboxylic acid groups (broad SMARTS) is 1. The minimum atomic E-state index is -0.836. The molecule has 1 aliphatic heterocycles. The first kappa shape index (κ1) is 14.3. The number of carbonyl (C=O) groups excluding carboxylic acids is 1. The second-order valence-electron chi connectivity index (χ2n) is 5.89. The van der Waals surface area contributed by atoms with E-state index in [1.165, 1.54) is 11.0 Å². The number of amides is 1. The average Bonchev–Trinajstić information content (AvgIpc) is 2.93. The summed E-state index contributed by atoms with van der Waals surface area (Å²) in [5, 5.41) is 9.67. The molecule has 1 saturated carbocycles. The molecule has 1 amide bonds. The van der Waals surface area contributed by atoms with Gasteiger partial charge in [-0.1, -0.05) is 18.0 Å². The molecule has 0 unspecified atom stereocenters. The molecular formula is C15H15ClFNO3. The number of nitrogens with zero attached hydrogens (tertiary/aromatic N) is 1. The van der Waals surface area contributed by atoms with Gasteiger partial charge in [-0.3, -0.25) is 9.59 Å². The molecule has 6 heteroatoms. The van der Waals surface area contributed by atoms with Crippen LogP contribution in [0.25, 0.3) is 0 Å². The van der Waals surface area contributed by atoms with Crippen LogP contribution in [0.2, 0.25) is 5.02 Å². The summed E-state index contributed by atoms with van der Waals surface area (Å²) in [5.41, 5.74) is -0.659. The molecule has 1 aromatic carbocycles. The van der Waals surface area contributed by atoms with Gasteiger partial charge in [-0.25, -0.2) is 4.39 Å². The van der Waals surface area contributed by atoms with Crippen LogP contribution in [0, 0.1) is 17.2 Å². The molecule has 2 atom stereocenters. The third kappa shape index (κ3) is 2.29. The number of benzene rings is 1. The monoisotopic (exact) mass is 311 g/mol. The Hall–Kier alpha value is -1.62. The second kappa shape index (κ2) is 4.98. The number of carbonyl (C=O) groups is 2. The fraction of sp³-hybridized carbons (Fsp3) is 0.467. The number of hydrogen-bond donors (Lipinski definition) is 1. The number of likely N-dealkylation sites (tertiary alicyclic amines) is 1. The van der Waals surface area contributed by atoms with Crippen LogP contribution in [-0.2, 0) is 4.79 Å². The topological polar surface area (TPSA) is 57.6 Å². The van der Waals surface area contributed by atoms with E-state index in [9.17, 15) is 19.1 Å². The number of halogens is 2. The highest BCUT2D eigenvalue weighted by atomic mass is 35.5. The number of fused-ring (bicyclic) bond motifs is 1. The molecule has 2 aliphatic rings. The van der Waals surface area contributed by atoms with Crippen LogP contribution in [0.4, 0.5) is 4.39 Å². The molecule has 1 saturated heterocycles. The molecule has 4 nitrogen and oxygen atoms in total. The molecule has 0 radical (unpaired) electrons. The number of hydrogen-bond acceptors (Lipinski definition) is 2. The fourth-order valence-corrected chi connectivity index (χ4v) is 3.88. The first-order valence-electron chi connectivity index (χ1n) is 6.91. The Labute approximate surface area is 126 Å². The van der Waals surface area contributed by atoms with Gasteiger partial charge in [0.2, 0.25) is 0 Å². The van der Waals surface area contributed by atoms with Crippen molar-refractivity contribution in [2.24, 2.45) is 11.3 Å². The Morgan fingerprint density at radius 2 is 2.14 bits per heavy atom. The van der Waals surface area contributed by atoms with Crippen molar-refractivity contribution in [3.8, 4) is 0 Å². The molecule has 0 spiro atoms. The Bertz CT molecular complexity index is 601. The van der Waals surface area contributed by atoms with Crippen LogP contribution in [0.5, 0.6) is 0 Å². The van der Waals surface area contributed by atoms with E-state index in [0.717, 1.165) is 25.0 Å². The zero-order chi connectivity index (χ0) is 15.2. The van der Waals surface area contributed by atoms with Crippen molar-refractivity contribution < 1.29 is 19.1 Å². The summed E-state index contributed by atoms with van der Waals surface area (Å²) in [5.74, 6) is -1.77. The van der Waals surface area contributed by atoms with E-state index in [1.807, 2.05) is 0 Å². The van der Waals surface area contributed by atoms with Gasteiger partial charge in [0.1, 0.15) is 5.82 Å². The summed E-state index contributed by atoms with van der Waals surface area (Å²) in [6.45, 7) is 0.610. The molecule has 1 N–H and O–H groups in total. The SMILES string of the molecule is O=C(c1cc(F)cc(Cl)c1)N1C[C@@H]2CCC[C@@]2(C(=O)O)C1. The highest BCUT2D eigenvalue weighted by Gasteiger charge is 2.55. The van der Waals surface area contributed by atoms with E-state index in [4.69, 9.17) is 11.6 Å². The molecular weight excluding hydrogens is 297 g/mol. The Kier molecular flexibility index (Phi) is 3.40. The molecule has 0 aromatic heterocycles. The van der Waals surface area contributed by atoms with Crippen molar-refractivity contribution in [2.75, 3.05) is 13.1 Å². The molecule has 112 valence electrons. The van der Waals surface area contributed by atoms with Gasteiger partial charge in [-0.05, 0) is 37.0 Å². The van der Waals surface area contributed by atoms with E-state index in [-0.39, 0.29) is 29.0 Å². The Morgan fingerprint density at radius 1 is 1.38 bits per heavy atom. The highest BCUT2D eigenvalue weighted by Crippen LogP contribution is 2.49. The van der Waals surface area contributed by atoms with Gasteiger partial charge in [0.05, 0.1) is 5.41 Å². The van der Waals surface area contributed by atoms with Crippen molar-refractivity contribution >= 4 is 23.5 Å². The molecule has 0 bridgehead atoms. The van der Waals surface area contributed by atoms with Crippen LogP contribution in [0.15, 0.2) is 18.2 Å². The summed E-state index contributed by atoms with van der Waals surface area (Å²) in [6.07, 6.45) is 2.30. The van der Waals surface area contributed by atoms with Gasteiger partial charge in [0.25, 0.3) is 5.91 Å². The van der Waals surface area contributed by atoms with E-state index < -0.39 is 17.2 Å². The maximum Gasteiger partial charge on any atom is 0.311 e. The summed E-state index contributed by atoms with van der Waals surface area (Å²) in [4.78, 5) is 25.6. The van der Waals surface area contributed by atoms with Crippen molar-refractivity contribution in [3.05, 3.63) is 34.6 Å². The highest BCUT2D eigenvalue weighted by molar-refractivity contribution is 6.31. The lowest BCUT2D eigenvalue weighted by molar-refractivity contribution is -0.149. The minimum Gasteiger partial charge on any atom is -0.481 e. The van der Waals surface area contributed by atoms with Crippen LogP contribution >= 0.6 is 11.6 Å². The second-order valence-corrected chi connectivity index (χ2v) is 6.33. The summed E-state index contributed by atoms with van der Waals surface area (Å²) in [6, 6.07) is 3.68. The first-order valence-corrected chi connectivity index (χ1v) is 7.29. The van der Waals surface area contributed by atoms with Gasteiger partial charge in [0, 0.05) is 23.7 Å². The largest absolute Gasteiger partial charge is 0.481 e. The summed E-state index contributed by atoms with van der Waals surface area (Å²) < 4.78 is 13.4. The van der Waals surface area contributed by atoms with Gasteiger partial charge in [-0.2, -0.15) is 0 Å². The van der Waals surface area contributed by atoms with E-state index in [1.54, 1.807) is 0 Å². The number of rotatable bonds is 2. The van der Waals surface area contributed by atoms with E-state index in [2.05, 4.69) is 0 Å². The quantitative estimate of drug-likeness (QED) is 0.913. The standard InChI is InChI=1S/C15H15ClFNO3/c16-11-4-9(5-12(17)6-11)13(19)18-7-10-2-1-3-15(10,8-18)14(20)21/h4-6,10H,1-3,7-8H2,(H,20,21)/t10-,15+/m0/s1. The normalized spacial score (nSPS) is 27.7. The molecule has 21 heavy (non-hydrogen) atoms. The average molecular weight is 312 g/mol. The molecule has 1 aromatic rings. The summed E-state index contributed by atoms with van der Waals surface area (Å²) in [7, 11) is 0. The Balaban J connectivity index is 1.86. The van der Waals surface area contributed by atoms with Crippen LogP contribution in [-0.4, -0.2) is 35.0 Å². The minimum absolute atomic E-state index is 0.0111. The predicted molar refractivity (Wildman–Crippen MR) is 74.7 cm³/mol. The lowest BCUT2D eigenvalue weighted by Crippen LogP contribution is -2.37. The van der Waals surface area contributed by atoms with Crippen molar-refractivity contribution in [3.63, 3.8) is 0 Å². The van der Waals surface area contributed by atoms with E-state index >= 15 is 0 Å². The molecule has 3 rings (SSSR count). The lowest BCUT2D eigenvalue weighted by atomic mass is 9.81. The van der Waals surface area contributed by atoms with Crippen LogP contribution in [0.3, 0.4) is 0 Å². The maximum atomic E-state index is 13.4. The van der Waals surface area contributed by atoms with Crippen LogP contribution in [0.1, 0.15) is 29.6 Å². The smallest absolute Gasteiger partial charge is 0.311 e. The van der Waals surface area contributed by atoms with Gasteiger partial charge < -0.3 is 10.0 Å². The third-order valence-corrected chi connectivity index (χ3v) is 4.91. The first-order chi connectivity index (χ1) is 9.92. The maximum absolute atomic E-state index is 13.4. The van der Waals surface area contributed by atoms with Gasteiger partial charge >= 0.3 is 5.97 Å². The van der Waals surface area contributed by atoms with Gasteiger partial charge in [0.15, 0.2) is 0 Å². The third-order valence-electron chi connectivity index (χ3n) is 4.69. The van der Waals surface area contributed by atoms with Crippen molar-refractivity contribution in [1.82, 2.24) is 4.90 Å². The number of carboxylic acids is 1. The number of aliphatic carboxylic acids is 1. The zero-order valence-corrected chi connectivity index (χ0v) is 12.1. The summed E-state index contributed by atoms with van der Waals surface area (Å²) >= 11 is 5.77. The lowest BCUT2D eigenvalue weighted by Gasteiger charge is -2.23. The Morgan fingerprint density at radius 3 is 2.76 bits per heavy atom. The molecule has 2 fully saturated rings. The fourth-order valence-electron chi connectivity index (χ4n) is 3.65.